The number of carbonyl (C=O) groups is 2. The SMILES string of the molecule is COC(=O)CC[C@@H]1N=C(c2ccc(C3=CCN(CCC(=O)OC(C)(C)C)CC3)cc2)c2c(sc(C)c2C)-n2c(C)nnc21. The smallest absolute Gasteiger partial charge is 0.307 e. The molecule has 1 aromatic carbocycles. The topological polar surface area (TPSA) is 98.9 Å². The fourth-order valence-corrected chi connectivity index (χ4v) is 6.81. The first-order chi connectivity index (χ1) is 20.4. The van der Waals surface area contributed by atoms with Crippen molar-refractivity contribution in [3.05, 3.63) is 69.1 Å². The van der Waals surface area contributed by atoms with Gasteiger partial charge in [0.15, 0.2) is 5.82 Å². The maximum atomic E-state index is 12.1. The van der Waals surface area contributed by atoms with Gasteiger partial charge in [-0.05, 0) is 71.1 Å². The van der Waals surface area contributed by atoms with Gasteiger partial charge in [0.1, 0.15) is 22.5 Å². The number of nitrogens with zero attached hydrogens (tertiary/aromatic N) is 5. The van der Waals surface area contributed by atoms with Gasteiger partial charge in [-0.3, -0.25) is 24.0 Å². The standard InChI is InChI=1S/C33H41N5O4S/c1-20-21(2)43-32-29(20)30(34-26(12-13-27(39)41-7)31-36-35-22(3)38(31)32)25-10-8-23(9-11-25)24-14-17-37(18-15-24)19-16-28(40)42-33(4,5)6/h8-11,14,26H,12-13,15-19H2,1-7H3/t26-/m0/s1. The molecule has 0 radical (unpaired) electrons. The molecule has 2 aromatic heterocycles. The molecule has 4 heterocycles. The molecule has 10 heteroatoms. The van der Waals surface area contributed by atoms with Crippen LogP contribution >= 0.6 is 11.3 Å². The van der Waals surface area contributed by atoms with Crippen LogP contribution in [0.15, 0.2) is 35.3 Å². The number of methoxy groups -OCH3 is 1. The highest BCUT2D eigenvalue weighted by Gasteiger charge is 2.31. The minimum absolute atomic E-state index is 0.152. The summed E-state index contributed by atoms with van der Waals surface area (Å²) >= 11 is 1.72. The quantitative estimate of drug-likeness (QED) is 0.295. The lowest BCUT2D eigenvalue weighted by Crippen LogP contribution is -2.32. The molecule has 0 N–H and O–H groups in total. The van der Waals surface area contributed by atoms with Gasteiger partial charge in [0.25, 0.3) is 0 Å². The third-order valence-corrected chi connectivity index (χ3v) is 9.16. The van der Waals surface area contributed by atoms with Crippen molar-refractivity contribution in [3.8, 4) is 5.00 Å². The van der Waals surface area contributed by atoms with Crippen molar-refractivity contribution in [2.75, 3.05) is 26.7 Å². The molecule has 0 amide bonds. The third-order valence-electron chi connectivity index (χ3n) is 7.96. The zero-order chi connectivity index (χ0) is 30.9. The number of esters is 2. The number of hydrogen-bond donors (Lipinski definition) is 0. The number of fused-ring (bicyclic) bond motifs is 3. The number of carbonyl (C=O) groups excluding carboxylic acids is 2. The Morgan fingerprint density at radius 2 is 1.74 bits per heavy atom. The van der Waals surface area contributed by atoms with Crippen molar-refractivity contribution in [1.82, 2.24) is 19.7 Å². The first-order valence-corrected chi connectivity index (χ1v) is 15.7. The van der Waals surface area contributed by atoms with E-state index in [1.165, 1.54) is 28.7 Å². The molecule has 0 spiro atoms. The number of hydrogen-bond acceptors (Lipinski definition) is 9. The van der Waals surface area contributed by atoms with Gasteiger partial charge in [-0.15, -0.1) is 21.5 Å². The van der Waals surface area contributed by atoms with Crippen LogP contribution in [-0.2, 0) is 19.1 Å². The second-order valence-corrected chi connectivity index (χ2v) is 13.4. The van der Waals surface area contributed by atoms with E-state index in [-0.39, 0.29) is 24.4 Å². The van der Waals surface area contributed by atoms with E-state index in [1.807, 2.05) is 27.7 Å². The molecule has 0 saturated heterocycles. The average Bonchev–Trinajstić information content (AvgIpc) is 3.45. The van der Waals surface area contributed by atoms with E-state index in [2.05, 4.69) is 63.9 Å². The Morgan fingerprint density at radius 3 is 2.40 bits per heavy atom. The average molecular weight is 604 g/mol. The third kappa shape index (κ3) is 6.80. The predicted octanol–water partition coefficient (Wildman–Crippen LogP) is 5.92. The Balaban J connectivity index is 1.39. The molecule has 228 valence electrons. The van der Waals surface area contributed by atoms with Crippen molar-refractivity contribution in [2.45, 2.75) is 78.9 Å². The van der Waals surface area contributed by atoms with Crippen molar-refractivity contribution in [3.63, 3.8) is 0 Å². The van der Waals surface area contributed by atoms with Crippen molar-refractivity contribution >= 4 is 34.6 Å². The molecule has 0 bridgehead atoms. The number of aliphatic imine (C=N–C) groups is 1. The minimum Gasteiger partial charge on any atom is -0.469 e. The van der Waals surface area contributed by atoms with E-state index < -0.39 is 5.60 Å². The molecule has 2 aliphatic heterocycles. The summed E-state index contributed by atoms with van der Waals surface area (Å²) in [7, 11) is 1.41. The molecule has 2 aliphatic rings. The Kier molecular flexibility index (Phi) is 8.99. The lowest BCUT2D eigenvalue weighted by atomic mass is 9.95. The molecule has 0 saturated carbocycles. The molecule has 0 aliphatic carbocycles. The van der Waals surface area contributed by atoms with Gasteiger partial charge in [-0.25, -0.2) is 0 Å². The van der Waals surface area contributed by atoms with Crippen LogP contribution in [0.25, 0.3) is 10.6 Å². The lowest BCUT2D eigenvalue weighted by Gasteiger charge is -2.27. The summed E-state index contributed by atoms with van der Waals surface area (Å²) in [4.78, 5) is 33.0. The summed E-state index contributed by atoms with van der Waals surface area (Å²) in [6.07, 6.45) is 4.31. The van der Waals surface area contributed by atoms with Crippen molar-refractivity contribution in [1.29, 1.82) is 0 Å². The fraction of sp³-hybridized carbons (Fsp3) is 0.485. The number of aryl methyl sites for hydroxylation is 2. The van der Waals surface area contributed by atoms with E-state index in [1.54, 1.807) is 11.3 Å². The zero-order valence-corrected chi connectivity index (χ0v) is 27.0. The summed E-state index contributed by atoms with van der Waals surface area (Å²) < 4.78 is 12.5. The first kappa shape index (κ1) is 30.8. The number of benzene rings is 1. The van der Waals surface area contributed by atoms with Crippen LogP contribution < -0.4 is 0 Å². The number of thiophene rings is 1. The van der Waals surface area contributed by atoms with E-state index >= 15 is 0 Å². The maximum Gasteiger partial charge on any atom is 0.307 e. The molecule has 3 aromatic rings. The summed E-state index contributed by atoms with van der Waals surface area (Å²) in [6, 6.07) is 8.32. The normalized spacial score (nSPS) is 17.0. The molecular weight excluding hydrogens is 562 g/mol. The van der Waals surface area contributed by atoms with Gasteiger partial charge < -0.3 is 9.47 Å². The Labute approximate surface area is 257 Å². The second-order valence-electron chi connectivity index (χ2n) is 12.2. The van der Waals surface area contributed by atoms with Gasteiger partial charge in [-0.2, -0.15) is 0 Å². The molecule has 0 fully saturated rings. The second kappa shape index (κ2) is 12.5. The molecule has 5 rings (SSSR count). The number of rotatable bonds is 8. The molecular formula is C33H41N5O4S. The van der Waals surface area contributed by atoms with Crippen LogP contribution in [0.4, 0.5) is 0 Å². The highest BCUT2D eigenvalue weighted by atomic mass is 32.1. The number of ether oxygens (including phenoxy) is 2. The van der Waals surface area contributed by atoms with E-state index in [0.717, 1.165) is 53.0 Å². The lowest BCUT2D eigenvalue weighted by molar-refractivity contribution is -0.155. The van der Waals surface area contributed by atoms with E-state index in [4.69, 9.17) is 14.5 Å². The van der Waals surface area contributed by atoms with E-state index in [0.29, 0.717) is 19.4 Å². The predicted molar refractivity (Wildman–Crippen MR) is 169 cm³/mol. The number of aromatic nitrogens is 3. The Bertz CT molecular complexity index is 1580. The van der Waals surface area contributed by atoms with Crippen LogP contribution in [0.2, 0.25) is 0 Å². The maximum absolute atomic E-state index is 12.1. The van der Waals surface area contributed by atoms with Crippen LogP contribution in [0, 0.1) is 20.8 Å². The van der Waals surface area contributed by atoms with Crippen LogP contribution in [0.5, 0.6) is 0 Å². The monoisotopic (exact) mass is 603 g/mol. The molecule has 43 heavy (non-hydrogen) atoms. The first-order valence-electron chi connectivity index (χ1n) is 14.9. The summed E-state index contributed by atoms with van der Waals surface area (Å²) in [5, 5.41) is 9.95. The van der Waals surface area contributed by atoms with Crippen molar-refractivity contribution < 1.29 is 19.1 Å². The largest absolute Gasteiger partial charge is 0.469 e. The highest BCUT2D eigenvalue weighted by Crippen LogP contribution is 2.40. The van der Waals surface area contributed by atoms with Gasteiger partial charge in [0.05, 0.1) is 19.2 Å². The van der Waals surface area contributed by atoms with E-state index in [9.17, 15) is 9.59 Å². The van der Waals surface area contributed by atoms with Crippen LogP contribution in [0.1, 0.15) is 91.3 Å². The molecule has 9 nitrogen and oxygen atoms in total. The van der Waals surface area contributed by atoms with Crippen LogP contribution in [0.3, 0.4) is 0 Å². The minimum atomic E-state index is -0.453. The van der Waals surface area contributed by atoms with Gasteiger partial charge >= 0.3 is 11.9 Å². The highest BCUT2D eigenvalue weighted by molar-refractivity contribution is 7.15. The van der Waals surface area contributed by atoms with Crippen molar-refractivity contribution in [2.24, 2.45) is 4.99 Å². The molecule has 0 unspecified atom stereocenters. The summed E-state index contributed by atoms with van der Waals surface area (Å²) in [6.45, 7) is 14.3. The Hall–Kier alpha value is -3.63. The zero-order valence-electron chi connectivity index (χ0n) is 26.2. The Morgan fingerprint density at radius 1 is 1.02 bits per heavy atom. The fourth-order valence-electron chi connectivity index (χ4n) is 5.60. The van der Waals surface area contributed by atoms with Gasteiger partial charge in [0, 0.05) is 42.1 Å². The summed E-state index contributed by atoms with van der Waals surface area (Å²) in [5.41, 5.74) is 6.27. The van der Waals surface area contributed by atoms with Gasteiger partial charge in [-0.1, -0.05) is 30.3 Å². The summed E-state index contributed by atoms with van der Waals surface area (Å²) in [5.74, 6) is 1.14. The molecule has 1 atom stereocenters. The van der Waals surface area contributed by atoms with Gasteiger partial charge in [0.2, 0.25) is 0 Å². The van der Waals surface area contributed by atoms with Crippen LogP contribution in [-0.4, -0.2) is 69.7 Å².